The molecule has 2 saturated heterocycles. The molecule has 3 aliphatic rings. The van der Waals surface area contributed by atoms with Crippen molar-refractivity contribution in [2.75, 3.05) is 25.1 Å². The first-order valence-electron chi connectivity index (χ1n) is 17.5. The first-order valence-corrected chi connectivity index (χ1v) is 17.5. The van der Waals surface area contributed by atoms with E-state index in [1.807, 2.05) is 115 Å². The Morgan fingerprint density at radius 2 is 1.52 bits per heavy atom. The molecule has 3 N–H and O–H groups in total. The Labute approximate surface area is 301 Å². The predicted octanol–water partition coefficient (Wildman–Crippen LogP) is 5.08. The topological polar surface area (TPSA) is 130 Å². The van der Waals surface area contributed by atoms with Gasteiger partial charge >= 0.3 is 5.97 Å². The van der Waals surface area contributed by atoms with E-state index in [4.69, 9.17) is 9.47 Å². The van der Waals surface area contributed by atoms with Crippen molar-refractivity contribution in [3.8, 4) is 5.75 Å². The highest BCUT2D eigenvalue weighted by molar-refractivity contribution is 6.12. The molecule has 2 fully saturated rings. The van der Waals surface area contributed by atoms with Crippen molar-refractivity contribution in [2.45, 2.75) is 36.1 Å². The number of nitrogens with zero attached hydrogens (tertiary/aromatic N) is 2. The minimum absolute atomic E-state index is 0.123. The van der Waals surface area contributed by atoms with Crippen LogP contribution in [-0.2, 0) is 31.0 Å². The molecule has 6 atom stereocenters. The molecule has 1 spiro atoms. The van der Waals surface area contributed by atoms with Crippen LogP contribution in [0.4, 0.5) is 5.69 Å². The van der Waals surface area contributed by atoms with Crippen LogP contribution in [0.1, 0.15) is 46.1 Å². The van der Waals surface area contributed by atoms with Gasteiger partial charge < -0.3 is 25.2 Å². The quantitative estimate of drug-likeness (QED) is 0.173. The number of carbonyl (C=O) groups is 3. The summed E-state index contributed by atoms with van der Waals surface area (Å²) in [6.45, 7) is 0.237. The van der Waals surface area contributed by atoms with Crippen molar-refractivity contribution < 1.29 is 29.0 Å². The smallest absolute Gasteiger partial charge is 0.324 e. The standard InChI is InChI=1S/C42H38N4O6/c47-25-26-51-31-20-18-29(19-21-31)38-42(32-16-7-8-17-33(32)45-41(42)50)34(39(48)44-24-22-30-15-9-10-23-43-30)36-40(49)52-37(28-13-5-2-6-14-28)35(46(36)38)27-11-3-1-4-12-27/h1-21,23,34-38,47H,22,24-26H2,(H,44,48)(H,45,50)/t34-,35-,36-,37+,38+,42-/m1/s1. The molecule has 1 aromatic heterocycles. The number of pyridine rings is 1. The van der Waals surface area contributed by atoms with Crippen molar-refractivity contribution in [3.05, 3.63) is 162 Å². The third-order valence-corrected chi connectivity index (χ3v) is 10.5. The van der Waals surface area contributed by atoms with Crippen LogP contribution in [0.25, 0.3) is 0 Å². The number of morpholine rings is 1. The van der Waals surface area contributed by atoms with E-state index in [0.29, 0.717) is 23.4 Å². The molecular weight excluding hydrogens is 656 g/mol. The van der Waals surface area contributed by atoms with Crippen molar-refractivity contribution >= 4 is 23.5 Å². The summed E-state index contributed by atoms with van der Waals surface area (Å²) in [6.07, 6.45) is 1.43. The summed E-state index contributed by atoms with van der Waals surface area (Å²) in [7, 11) is 0. The Morgan fingerprint density at radius 3 is 2.23 bits per heavy atom. The first-order chi connectivity index (χ1) is 25.5. The number of aliphatic hydroxyl groups excluding tert-OH is 1. The number of hydrogen-bond acceptors (Lipinski definition) is 8. The van der Waals surface area contributed by atoms with Crippen molar-refractivity contribution in [1.29, 1.82) is 0 Å². The Morgan fingerprint density at radius 1 is 0.827 bits per heavy atom. The molecule has 52 heavy (non-hydrogen) atoms. The van der Waals surface area contributed by atoms with E-state index in [0.717, 1.165) is 22.4 Å². The van der Waals surface area contributed by atoms with Crippen LogP contribution < -0.4 is 15.4 Å². The molecule has 0 aliphatic carbocycles. The molecule has 4 aromatic carbocycles. The number of fused-ring (bicyclic) bond motifs is 3. The van der Waals surface area contributed by atoms with Gasteiger partial charge in [-0.05, 0) is 52.6 Å². The minimum Gasteiger partial charge on any atom is -0.491 e. The number of aliphatic hydroxyl groups is 1. The lowest BCUT2D eigenvalue weighted by Gasteiger charge is -2.46. The van der Waals surface area contributed by atoms with Crippen molar-refractivity contribution in [1.82, 2.24) is 15.2 Å². The monoisotopic (exact) mass is 694 g/mol. The number of rotatable bonds is 10. The normalized spacial score (nSPS) is 24.8. The number of benzene rings is 4. The zero-order valence-electron chi connectivity index (χ0n) is 28.3. The number of anilines is 1. The molecule has 2 amide bonds. The van der Waals surface area contributed by atoms with Gasteiger partial charge in [0.1, 0.15) is 29.9 Å². The van der Waals surface area contributed by atoms with Crippen LogP contribution in [-0.4, -0.2) is 58.6 Å². The zero-order valence-corrected chi connectivity index (χ0v) is 28.3. The number of aromatic nitrogens is 1. The lowest BCUT2D eigenvalue weighted by atomic mass is 9.65. The highest BCUT2D eigenvalue weighted by Crippen LogP contribution is 2.64. The number of amides is 2. The molecule has 262 valence electrons. The largest absolute Gasteiger partial charge is 0.491 e. The van der Waals surface area contributed by atoms with Gasteiger partial charge in [0.05, 0.1) is 24.6 Å². The molecule has 0 radical (unpaired) electrons. The third kappa shape index (κ3) is 5.60. The van der Waals surface area contributed by atoms with Gasteiger partial charge in [-0.1, -0.05) is 97.1 Å². The average molecular weight is 695 g/mol. The summed E-state index contributed by atoms with van der Waals surface area (Å²) in [5.41, 5.74) is 2.89. The second kappa shape index (κ2) is 14.1. The molecule has 0 unspecified atom stereocenters. The van der Waals surface area contributed by atoms with E-state index >= 15 is 0 Å². The van der Waals surface area contributed by atoms with E-state index in [2.05, 4.69) is 20.5 Å². The maximum Gasteiger partial charge on any atom is 0.324 e. The van der Waals surface area contributed by atoms with Crippen molar-refractivity contribution in [2.24, 2.45) is 5.92 Å². The Hall–Kier alpha value is -5.84. The fraction of sp³-hybridized carbons (Fsp3) is 0.238. The van der Waals surface area contributed by atoms with E-state index in [-0.39, 0.29) is 25.7 Å². The zero-order chi connectivity index (χ0) is 35.7. The summed E-state index contributed by atoms with van der Waals surface area (Å²) in [6, 6.07) is 37.3. The number of ether oxygens (including phenoxy) is 2. The Kier molecular flexibility index (Phi) is 9.00. The van der Waals surface area contributed by atoms with E-state index < -0.39 is 47.4 Å². The summed E-state index contributed by atoms with van der Waals surface area (Å²) >= 11 is 0. The number of hydrogen-bond donors (Lipinski definition) is 3. The summed E-state index contributed by atoms with van der Waals surface area (Å²) in [5.74, 6) is -2.00. The molecule has 4 heterocycles. The number of nitrogens with one attached hydrogen (secondary N) is 2. The lowest BCUT2D eigenvalue weighted by molar-refractivity contribution is -0.178. The first kappa shape index (κ1) is 33.3. The maximum absolute atomic E-state index is 15.0. The Bertz CT molecular complexity index is 2060. The van der Waals surface area contributed by atoms with Crippen LogP contribution in [0, 0.1) is 5.92 Å². The SMILES string of the molecule is O=C1O[C@@H](c2ccccc2)[C@@H](c2ccccc2)N2[C@@H](c3ccc(OCCO)cc3)[C@]3(C(=O)Nc4ccccc43)[C@@H](C(=O)NCCc3ccccn3)[C@H]12. The van der Waals surface area contributed by atoms with Crippen molar-refractivity contribution in [3.63, 3.8) is 0 Å². The minimum atomic E-state index is -1.54. The summed E-state index contributed by atoms with van der Waals surface area (Å²) in [5, 5.41) is 15.6. The highest BCUT2D eigenvalue weighted by atomic mass is 16.6. The summed E-state index contributed by atoms with van der Waals surface area (Å²) < 4.78 is 12.1. The predicted molar refractivity (Wildman–Crippen MR) is 193 cm³/mol. The van der Waals surface area contributed by atoms with E-state index in [9.17, 15) is 19.5 Å². The number of esters is 1. The molecule has 5 aromatic rings. The third-order valence-electron chi connectivity index (χ3n) is 10.5. The maximum atomic E-state index is 15.0. The van der Waals surface area contributed by atoms with E-state index in [1.165, 1.54) is 0 Å². The van der Waals surface area contributed by atoms with Crippen LogP contribution in [0.5, 0.6) is 5.75 Å². The van der Waals surface area contributed by atoms with Gasteiger partial charge in [0, 0.05) is 30.5 Å². The summed E-state index contributed by atoms with van der Waals surface area (Å²) in [4.78, 5) is 51.1. The fourth-order valence-electron chi connectivity index (χ4n) is 8.43. The van der Waals surface area contributed by atoms with Crippen LogP contribution in [0.3, 0.4) is 0 Å². The van der Waals surface area contributed by atoms with Crippen LogP contribution in [0.15, 0.2) is 134 Å². The lowest BCUT2D eigenvalue weighted by Crippen LogP contribution is -2.55. The molecule has 0 saturated carbocycles. The number of carbonyl (C=O) groups excluding carboxylic acids is 3. The van der Waals surface area contributed by atoms with E-state index in [1.54, 1.807) is 18.3 Å². The van der Waals surface area contributed by atoms with Gasteiger partial charge in [-0.3, -0.25) is 24.3 Å². The Balaban J connectivity index is 1.34. The molecule has 10 nitrogen and oxygen atoms in total. The molecular formula is C42H38N4O6. The van der Waals surface area contributed by atoms with Crippen LogP contribution in [0.2, 0.25) is 0 Å². The van der Waals surface area contributed by atoms with Gasteiger partial charge in [-0.15, -0.1) is 0 Å². The molecule has 10 heteroatoms. The van der Waals surface area contributed by atoms with Gasteiger partial charge in [0.2, 0.25) is 11.8 Å². The second-order valence-electron chi connectivity index (χ2n) is 13.3. The number of para-hydroxylation sites is 1. The van der Waals surface area contributed by atoms with Gasteiger partial charge in [0.15, 0.2) is 0 Å². The van der Waals surface area contributed by atoms with Gasteiger partial charge in [-0.25, -0.2) is 0 Å². The second-order valence-corrected chi connectivity index (χ2v) is 13.3. The molecule has 8 rings (SSSR count). The highest BCUT2D eigenvalue weighted by Gasteiger charge is 2.73. The van der Waals surface area contributed by atoms with Gasteiger partial charge in [-0.2, -0.15) is 0 Å². The fourth-order valence-corrected chi connectivity index (χ4v) is 8.43. The molecule has 0 bridgehead atoms. The number of cyclic esters (lactones) is 1. The molecule has 3 aliphatic heterocycles. The van der Waals surface area contributed by atoms with Crippen LogP contribution >= 0.6 is 0 Å². The average Bonchev–Trinajstić information content (AvgIpc) is 3.67. The van der Waals surface area contributed by atoms with Gasteiger partial charge in [0.25, 0.3) is 0 Å².